The van der Waals surface area contributed by atoms with Gasteiger partial charge >= 0.3 is 6.18 Å². The first-order valence-electron chi connectivity index (χ1n) is 4.81. The average Bonchev–Trinajstić information content (AvgIpc) is 2.24. The Morgan fingerprint density at radius 1 is 1.25 bits per heavy atom. The zero-order chi connectivity index (χ0) is 12.0. The van der Waals surface area contributed by atoms with Crippen molar-refractivity contribution in [3.63, 3.8) is 0 Å². The molecule has 1 N–H and O–H groups in total. The summed E-state index contributed by atoms with van der Waals surface area (Å²) in [5.41, 5.74) is -0.347. The molecule has 0 aliphatic heterocycles. The Morgan fingerprint density at radius 3 is 2.56 bits per heavy atom. The predicted octanol–water partition coefficient (Wildman–Crippen LogP) is 2.82. The number of hydrogen-bond acceptors (Lipinski definition) is 1. The molecule has 4 heteroatoms. The lowest BCUT2D eigenvalue weighted by molar-refractivity contribution is -0.138. The van der Waals surface area contributed by atoms with Crippen LogP contribution in [0, 0.1) is 11.8 Å². The number of alkyl halides is 3. The van der Waals surface area contributed by atoms with E-state index in [1.165, 1.54) is 12.1 Å². The molecule has 86 valence electrons. The van der Waals surface area contributed by atoms with E-state index < -0.39 is 11.7 Å². The molecule has 1 nitrogen and oxygen atoms in total. The lowest BCUT2D eigenvalue weighted by atomic mass is 10.1. The zero-order valence-corrected chi connectivity index (χ0v) is 8.86. The van der Waals surface area contributed by atoms with Crippen molar-refractivity contribution in [3.8, 4) is 11.8 Å². The maximum atomic E-state index is 12.6. The van der Waals surface area contributed by atoms with E-state index in [9.17, 15) is 13.2 Å². The minimum atomic E-state index is -4.30. The van der Waals surface area contributed by atoms with Gasteiger partial charge in [0.05, 0.1) is 12.1 Å². The summed E-state index contributed by atoms with van der Waals surface area (Å²) in [6.07, 6.45) is -4.30. The molecule has 0 spiro atoms. The fourth-order valence-corrected chi connectivity index (χ4v) is 1.30. The average molecular weight is 227 g/mol. The molecule has 1 aromatic rings. The van der Waals surface area contributed by atoms with Gasteiger partial charge in [0.25, 0.3) is 0 Å². The van der Waals surface area contributed by atoms with E-state index in [4.69, 9.17) is 0 Å². The SMILES string of the molecule is CC#CCNCc1ccccc1C(F)(F)F. The van der Waals surface area contributed by atoms with E-state index in [1.54, 1.807) is 13.0 Å². The van der Waals surface area contributed by atoms with Crippen molar-refractivity contribution in [2.75, 3.05) is 6.54 Å². The number of hydrogen-bond donors (Lipinski definition) is 1. The predicted molar refractivity (Wildman–Crippen MR) is 56.6 cm³/mol. The molecule has 16 heavy (non-hydrogen) atoms. The Morgan fingerprint density at radius 2 is 1.94 bits per heavy atom. The third-order valence-corrected chi connectivity index (χ3v) is 2.03. The highest BCUT2D eigenvalue weighted by Gasteiger charge is 2.32. The fraction of sp³-hybridized carbons (Fsp3) is 0.333. The Kier molecular flexibility index (Phi) is 4.39. The molecule has 0 saturated carbocycles. The molecular formula is C12H12F3N. The van der Waals surface area contributed by atoms with Crippen molar-refractivity contribution < 1.29 is 13.2 Å². The molecule has 1 aromatic carbocycles. The standard InChI is InChI=1S/C12H12F3N/c1-2-3-8-16-9-10-6-4-5-7-11(10)12(13,14)15/h4-7,16H,8-9H2,1H3. The second-order valence-electron chi connectivity index (χ2n) is 3.19. The quantitative estimate of drug-likeness (QED) is 0.618. The molecule has 0 radical (unpaired) electrons. The first kappa shape index (κ1) is 12.6. The lowest BCUT2D eigenvalue weighted by Gasteiger charge is -2.12. The Balaban J connectivity index is 2.74. The van der Waals surface area contributed by atoms with Gasteiger partial charge in [0.2, 0.25) is 0 Å². The number of halogens is 3. The summed E-state index contributed by atoms with van der Waals surface area (Å²) in [5, 5.41) is 2.84. The van der Waals surface area contributed by atoms with Crippen LogP contribution in [0.25, 0.3) is 0 Å². The molecular weight excluding hydrogens is 215 g/mol. The van der Waals surface area contributed by atoms with Gasteiger partial charge in [-0.25, -0.2) is 0 Å². The van der Waals surface area contributed by atoms with Crippen molar-refractivity contribution in [2.45, 2.75) is 19.6 Å². The summed E-state index contributed by atoms with van der Waals surface area (Å²) in [4.78, 5) is 0. The molecule has 0 atom stereocenters. The molecule has 0 saturated heterocycles. The maximum Gasteiger partial charge on any atom is 0.416 e. The molecule has 0 aromatic heterocycles. The highest BCUT2D eigenvalue weighted by Crippen LogP contribution is 2.31. The number of rotatable bonds is 3. The van der Waals surface area contributed by atoms with Crippen LogP contribution in [-0.4, -0.2) is 6.54 Å². The first-order chi connectivity index (χ1) is 7.55. The minimum absolute atomic E-state index is 0.171. The monoisotopic (exact) mass is 227 g/mol. The van der Waals surface area contributed by atoms with Crippen LogP contribution in [0.1, 0.15) is 18.1 Å². The van der Waals surface area contributed by atoms with Crippen LogP contribution in [0.5, 0.6) is 0 Å². The van der Waals surface area contributed by atoms with Crippen molar-refractivity contribution >= 4 is 0 Å². The van der Waals surface area contributed by atoms with E-state index in [0.717, 1.165) is 6.07 Å². The van der Waals surface area contributed by atoms with Crippen LogP contribution in [0.2, 0.25) is 0 Å². The lowest BCUT2D eigenvalue weighted by Crippen LogP contribution is -2.17. The van der Waals surface area contributed by atoms with Gasteiger partial charge in [-0.3, -0.25) is 0 Å². The van der Waals surface area contributed by atoms with Crippen LogP contribution in [0.4, 0.5) is 13.2 Å². The number of nitrogens with one attached hydrogen (secondary N) is 1. The molecule has 0 aliphatic carbocycles. The third-order valence-electron chi connectivity index (χ3n) is 2.03. The van der Waals surface area contributed by atoms with E-state index in [-0.39, 0.29) is 12.1 Å². The fourth-order valence-electron chi connectivity index (χ4n) is 1.30. The Hall–Kier alpha value is -1.47. The van der Waals surface area contributed by atoms with Crippen molar-refractivity contribution in [2.24, 2.45) is 0 Å². The second-order valence-corrected chi connectivity index (χ2v) is 3.19. The second kappa shape index (κ2) is 5.57. The van der Waals surface area contributed by atoms with E-state index in [0.29, 0.717) is 6.54 Å². The molecule has 0 amide bonds. The van der Waals surface area contributed by atoms with Crippen LogP contribution >= 0.6 is 0 Å². The largest absolute Gasteiger partial charge is 0.416 e. The smallest absolute Gasteiger partial charge is 0.302 e. The van der Waals surface area contributed by atoms with E-state index in [1.807, 2.05) is 0 Å². The van der Waals surface area contributed by atoms with Gasteiger partial charge in [-0.2, -0.15) is 13.2 Å². The van der Waals surface area contributed by atoms with E-state index in [2.05, 4.69) is 17.2 Å². The van der Waals surface area contributed by atoms with Crippen LogP contribution in [0.15, 0.2) is 24.3 Å². The Labute approximate surface area is 92.7 Å². The number of benzene rings is 1. The van der Waals surface area contributed by atoms with Gasteiger partial charge in [0, 0.05) is 6.54 Å². The van der Waals surface area contributed by atoms with E-state index >= 15 is 0 Å². The third kappa shape index (κ3) is 3.59. The van der Waals surface area contributed by atoms with Gasteiger partial charge in [0.15, 0.2) is 0 Å². The van der Waals surface area contributed by atoms with Crippen molar-refractivity contribution in [1.29, 1.82) is 0 Å². The van der Waals surface area contributed by atoms with Crippen LogP contribution < -0.4 is 5.32 Å². The molecule has 0 aliphatic rings. The highest BCUT2D eigenvalue weighted by molar-refractivity contribution is 5.29. The van der Waals surface area contributed by atoms with Gasteiger partial charge in [-0.1, -0.05) is 24.1 Å². The molecule has 1 rings (SSSR count). The zero-order valence-electron chi connectivity index (χ0n) is 8.86. The summed E-state index contributed by atoms with van der Waals surface area (Å²) >= 11 is 0. The molecule has 0 heterocycles. The Bertz CT molecular complexity index is 399. The topological polar surface area (TPSA) is 12.0 Å². The maximum absolute atomic E-state index is 12.6. The summed E-state index contributed by atoms with van der Waals surface area (Å²) in [5.74, 6) is 5.40. The van der Waals surface area contributed by atoms with Gasteiger partial charge in [0.1, 0.15) is 0 Å². The molecule has 0 bridgehead atoms. The first-order valence-corrected chi connectivity index (χ1v) is 4.81. The minimum Gasteiger partial charge on any atom is -0.302 e. The highest BCUT2D eigenvalue weighted by atomic mass is 19.4. The summed E-state index contributed by atoms with van der Waals surface area (Å²) in [6, 6.07) is 5.54. The normalized spacial score (nSPS) is 10.8. The van der Waals surface area contributed by atoms with Crippen LogP contribution in [0.3, 0.4) is 0 Å². The molecule has 0 fully saturated rings. The molecule has 0 unspecified atom stereocenters. The summed E-state index contributed by atoms with van der Waals surface area (Å²) in [7, 11) is 0. The van der Waals surface area contributed by atoms with Gasteiger partial charge in [-0.15, -0.1) is 5.92 Å². The van der Waals surface area contributed by atoms with Gasteiger partial charge < -0.3 is 5.32 Å². The van der Waals surface area contributed by atoms with Gasteiger partial charge in [-0.05, 0) is 18.6 Å². The summed E-state index contributed by atoms with van der Waals surface area (Å²) < 4.78 is 37.7. The van der Waals surface area contributed by atoms with Crippen molar-refractivity contribution in [3.05, 3.63) is 35.4 Å². The van der Waals surface area contributed by atoms with Crippen LogP contribution in [-0.2, 0) is 12.7 Å². The van der Waals surface area contributed by atoms with Crippen molar-refractivity contribution in [1.82, 2.24) is 5.32 Å². The summed E-state index contributed by atoms with van der Waals surface area (Å²) in [6.45, 7) is 2.25.